The molecule has 15 heteroatoms. The molecule has 5 aromatic heterocycles. The molecule has 0 aliphatic heterocycles. The van der Waals surface area contributed by atoms with E-state index in [9.17, 15) is 27.2 Å². The summed E-state index contributed by atoms with van der Waals surface area (Å²) in [5, 5.41) is -0.0534. The third-order valence-electron chi connectivity index (χ3n) is 5.73. The first-order valence-corrected chi connectivity index (χ1v) is 12.8. The highest BCUT2D eigenvalue weighted by Crippen LogP contribution is 2.34. The van der Waals surface area contributed by atoms with Gasteiger partial charge in [-0.05, 0) is 25.1 Å². The van der Waals surface area contributed by atoms with E-state index in [4.69, 9.17) is 0 Å². The standard InChI is InChI=1S/C23H17F2N7O5S/c1-10-14(24)7-15-17(29-10)16(12-4-3-5-26-21(12)33)18(23(35)31-38(2,36)37)32(15)8-11-6-13-20(30-19(11)25)27-9-28-22(13)34/h3-7,9H,8H2,1-2H3,(H,26,33)(H,31,35)(H,27,28,30,34). The third-order valence-corrected chi connectivity index (χ3v) is 6.29. The smallest absolute Gasteiger partial charge is 0.282 e. The number of rotatable bonds is 5. The lowest BCUT2D eigenvalue weighted by Gasteiger charge is -2.13. The van der Waals surface area contributed by atoms with Gasteiger partial charge in [0.15, 0.2) is 5.65 Å². The number of nitrogens with zero attached hydrogens (tertiary/aromatic N) is 4. The van der Waals surface area contributed by atoms with Crippen molar-refractivity contribution >= 4 is 38.0 Å². The van der Waals surface area contributed by atoms with Gasteiger partial charge in [0.2, 0.25) is 16.0 Å². The predicted molar refractivity (Wildman–Crippen MR) is 132 cm³/mol. The first kappa shape index (κ1) is 24.9. The number of pyridine rings is 3. The zero-order valence-corrected chi connectivity index (χ0v) is 20.5. The summed E-state index contributed by atoms with van der Waals surface area (Å²) in [6.07, 6.45) is 3.16. The van der Waals surface area contributed by atoms with Gasteiger partial charge in [0.25, 0.3) is 17.0 Å². The number of carbonyl (C=O) groups is 1. The Morgan fingerprint density at radius 3 is 2.61 bits per heavy atom. The zero-order valence-electron chi connectivity index (χ0n) is 19.7. The molecular weight excluding hydrogens is 524 g/mol. The Bertz CT molecular complexity index is 2020. The number of aromatic amines is 2. The molecule has 0 atom stereocenters. The highest BCUT2D eigenvalue weighted by molar-refractivity contribution is 7.89. The van der Waals surface area contributed by atoms with Gasteiger partial charge in [-0.15, -0.1) is 0 Å². The summed E-state index contributed by atoms with van der Waals surface area (Å²) in [5.74, 6) is -2.97. The molecule has 0 saturated heterocycles. The van der Waals surface area contributed by atoms with Crippen LogP contribution in [-0.4, -0.2) is 50.1 Å². The van der Waals surface area contributed by atoms with Gasteiger partial charge in [0.1, 0.15) is 11.5 Å². The molecule has 5 rings (SSSR count). The van der Waals surface area contributed by atoms with E-state index in [1.54, 1.807) is 0 Å². The number of halogens is 2. The normalized spacial score (nSPS) is 11.8. The number of sulfonamides is 1. The molecule has 0 aliphatic carbocycles. The quantitative estimate of drug-likeness (QED) is 0.280. The summed E-state index contributed by atoms with van der Waals surface area (Å²) in [4.78, 5) is 54.9. The van der Waals surface area contributed by atoms with Crippen LogP contribution in [0.3, 0.4) is 0 Å². The average molecular weight is 541 g/mol. The lowest BCUT2D eigenvalue weighted by molar-refractivity contribution is 0.0974. The van der Waals surface area contributed by atoms with Crippen LogP contribution < -0.4 is 15.8 Å². The number of hydrogen-bond acceptors (Lipinski definition) is 8. The lowest BCUT2D eigenvalue weighted by Crippen LogP contribution is -2.32. The van der Waals surface area contributed by atoms with Crippen molar-refractivity contribution < 1.29 is 22.0 Å². The van der Waals surface area contributed by atoms with E-state index in [2.05, 4.69) is 24.9 Å². The van der Waals surface area contributed by atoms with Crippen molar-refractivity contribution in [3.63, 3.8) is 0 Å². The molecule has 3 N–H and O–H groups in total. The number of hydrogen-bond donors (Lipinski definition) is 3. The van der Waals surface area contributed by atoms with Crippen molar-refractivity contribution in [2.75, 3.05) is 6.26 Å². The Morgan fingerprint density at radius 2 is 1.89 bits per heavy atom. The SMILES string of the molecule is Cc1nc2c(-c3ccc[nH]c3=O)c(C(=O)NS(C)(=O)=O)n(Cc3cc4c(=O)[nH]cnc4nc3F)c2cc1F. The topological polar surface area (TPSA) is 173 Å². The third kappa shape index (κ3) is 4.32. The number of nitrogens with one attached hydrogen (secondary N) is 3. The second kappa shape index (κ2) is 8.95. The van der Waals surface area contributed by atoms with E-state index in [0.717, 1.165) is 23.2 Å². The van der Waals surface area contributed by atoms with Crippen LogP contribution in [0.15, 0.2) is 46.4 Å². The monoisotopic (exact) mass is 541 g/mol. The first-order chi connectivity index (χ1) is 17.9. The zero-order chi connectivity index (χ0) is 27.4. The van der Waals surface area contributed by atoms with Crippen molar-refractivity contribution in [1.29, 1.82) is 0 Å². The number of aromatic nitrogens is 6. The van der Waals surface area contributed by atoms with Crippen LogP contribution >= 0.6 is 0 Å². The minimum Gasteiger partial charge on any atom is -0.330 e. The van der Waals surface area contributed by atoms with Crippen LogP contribution in [0.4, 0.5) is 8.78 Å². The van der Waals surface area contributed by atoms with Crippen molar-refractivity contribution in [3.8, 4) is 11.1 Å². The Morgan fingerprint density at radius 1 is 1.13 bits per heavy atom. The van der Waals surface area contributed by atoms with Crippen LogP contribution in [0.1, 0.15) is 21.7 Å². The summed E-state index contributed by atoms with van der Waals surface area (Å²) in [6, 6.07) is 5.05. The van der Waals surface area contributed by atoms with Gasteiger partial charge in [0, 0.05) is 23.4 Å². The van der Waals surface area contributed by atoms with Crippen LogP contribution in [0.2, 0.25) is 0 Å². The summed E-state index contributed by atoms with van der Waals surface area (Å²) in [7, 11) is -4.10. The fourth-order valence-electron chi connectivity index (χ4n) is 4.12. The number of aryl methyl sites for hydroxylation is 1. The Kier molecular flexibility index (Phi) is 5.86. The van der Waals surface area contributed by atoms with E-state index in [0.29, 0.717) is 0 Å². The predicted octanol–water partition coefficient (Wildman–Crippen LogP) is 1.35. The average Bonchev–Trinajstić information content (AvgIpc) is 3.12. The molecule has 12 nitrogen and oxygen atoms in total. The van der Waals surface area contributed by atoms with E-state index < -0.39 is 51.1 Å². The lowest BCUT2D eigenvalue weighted by atomic mass is 10.1. The van der Waals surface area contributed by atoms with E-state index in [1.165, 1.54) is 31.3 Å². The molecule has 0 saturated carbocycles. The van der Waals surface area contributed by atoms with Gasteiger partial charge >= 0.3 is 0 Å². The second-order valence-electron chi connectivity index (χ2n) is 8.39. The summed E-state index contributed by atoms with van der Waals surface area (Å²) in [6.45, 7) is 0.856. The molecular formula is C23H17F2N7O5S. The van der Waals surface area contributed by atoms with Crippen LogP contribution in [-0.2, 0) is 16.6 Å². The van der Waals surface area contributed by atoms with Crippen molar-refractivity contribution in [2.24, 2.45) is 0 Å². The van der Waals surface area contributed by atoms with Crippen LogP contribution in [0.25, 0.3) is 33.2 Å². The van der Waals surface area contributed by atoms with Gasteiger partial charge in [0.05, 0.1) is 46.8 Å². The summed E-state index contributed by atoms with van der Waals surface area (Å²) < 4.78 is 56.7. The molecule has 0 fully saturated rings. The molecule has 5 aromatic rings. The maximum absolute atomic E-state index is 15.1. The summed E-state index contributed by atoms with van der Waals surface area (Å²) >= 11 is 0. The van der Waals surface area contributed by atoms with Crippen molar-refractivity contribution in [1.82, 2.24) is 34.2 Å². The molecule has 0 spiro atoms. The largest absolute Gasteiger partial charge is 0.330 e. The van der Waals surface area contributed by atoms with E-state index in [1.807, 2.05) is 4.72 Å². The first-order valence-electron chi connectivity index (χ1n) is 10.9. The Labute approximate surface area is 211 Å². The second-order valence-corrected chi connectivity index (χ2v) is 10.1. The minimum atomic E-state index is -4.10. The molecule has 0 aromatic carbocycles. The van der Waals surface area contributed by atoms with Crippen molar-refractivity contribution in [3.05, 3.63) is 86.2 Å². The van der Waals surface area contributed by atoms with Crippen LogP contribution in [0.5, 0.6) is 0 Å². The molecule has 0 bridgehead atoms. The van der Waals surface area contributed by atoms with Crippen molar-refractivity contribution in [2.45, 2.75) is 13.5 Å². The van der Waals surface area contributed by atoms with Gasteiger partial charge in [-0.2, -0.15) is 9.37 Å². The van der Waals surface area contributed by atoms with Gasteiger partial charge in [-0.25, -0.2) is 27.5 Å². The molecule has 38 heavy (non-hydrogen) atoms. The fraction of sp³-hybridized carbons (Fsp3) is 0.130. The molecule has 0 unspecified atom stereocenters. The number of fused-ring (bicyclic) bond motifs is 2. The summed E-state index contributed by atoms with van der Waals surface area (Å²) in [5.41, 5.74) is -2.27. The molecule has 194 valence electrons. The minimum absolute atomic E-state index is 0.00655. The van der Waals surface area contributed by atoms with E-state index in [-0.39, 0.29) is 44.5 Å². The number of H-pyrrole nitrogens is 2. The van der Waals surface area contributed by atoms with Gasteiger partial charge in [-0.3, -0.25) is 14.4 Å². The molecule has 5 heterocycles. The maximum Gasteiger partial charge on any atom is 0.282 e. The fourth-order valence-corrected chi connectivity index (χ4v) is 4.55. The van der Waals surface area contributed by atoms with E-state index >= 15 is 4.39 Å². The Hall–Kier alpha value is -4.79. The highest BCUT2D eigenvalue weighted by atomic mass is 32.2. The molecule has 0 radical (unpaired) electrons. The van der Waals surface area contributed by atoms with Gasteiger partial charge in [-0.1, -0.05) is 0 Å². The van der Waals surface area contributed by atoms with Crippen LogP contribution in [0, 0.1) is 18.7 Å². The maximum atomic E-state index is 15.1. The Balaban J connectivity index is 1.88. The number of carbonyl (C=O) groups excluding carboxylic acids is 1. The molecule has 1 amide bonds. The highest BCUT2D eigenvalue weighted by Gasteiger charge is 2.29. The van der Waals surface area contributed by atoms with Gasteiger partial charge < -0.3 is 14.5 Å². The molecule has 0 aliphatic rings. The number of amides is 1.